The van der Waals surface area contributed by atoms with Crippen LogP contribution in [-0.4, -0.2) is 87.0 Å². The van der Waals surface area contributed by atoms with Crippen molar-refractivity contribution in [1.29, 1.82) is 0 Å². The number of amides is 1. The first-order chi connectivity index (χ1) is 10.1. The molecule has 0 unspecified atom stereocenters. The van der Waals surface area contributed by atoms with Gasteiger partial charge in [0.25, 0.3) is 0 Å². The molecule has 1 heterocycles. The molecule has 0 bridgehead atoms. The van der Waals surface area contributed by atoms with E-state index < -0.39 is 12.0 Å². The molecule has 0 aromatic carbocycles. The van der Waals surface area contributed by atoms with Gasteiger partial charge in [-0.3, -0.25) is 0 Å². The lowest BCUT2D eigenvalue weighted by atomic mass is 8.76. The molecule has 0 aromatic heterocycles. The average Bonchev–Trinajstić information content (AvgIpc) is 2.34. The zero-order valence-corrected chi connectivity index (χ0v) is 13.3. The summed E-state index contributed by atoms with van der Waals surface area (Å²) in [6, 6.07) is 0. The largest absolute Gasteiger partial charge is 0.444 e. The van der Waals surface area contributed by atoms with Gasteiger partial charge in [-0.15, -0.1) is 0 Å². The Morgan fingerprint density at radius 2 is 2.00 bits per heavy atom. The van der Waals surface area contributed by atoms with Crippen LogP contribution in [0.2, 0.25) is 0 Å². The molecule has 1 aliphatic rings. The van der Waals surface area contributed by atoms with Gasteiger partial charge in [0.2, 0.25) is 0 Å². The minimum absolute atomic E-state index is 0.286. The van der Waals surface area contributed by atoms with Gasteiger partial charge in [0.15, 0.2) is 0 Å². The Balaban J connectivity index is 0.000000534. The van der Waals surface area contributed by atoms with Crippen LogP contribution in [0, 0.1) is 5.92 Å². The molecule has 0 aliphatic carbocycles. The second-order valence-electron chi connectivity index (χ2n) is 6.01. The highest BCUT2D eigenvalue weighted by atomic mass is 16.6. The number of nitrogens with zero attached hydrogens (tertiary/aromatic N) is 4. The lowest BCUT2D eigenvalue weighted by molar-refractivity contribution is 0.000348. The fourth-order valence-corrected chi connectivity index (χ4v) is 1.44. The van der Waals surface area contributed by atoms with Gasteiger partial charge < -0.3 is 9.64 Å². The standard InChI is InChI=1S/C9H16N4O2.B7/c1-9(2,3)15-8(14)13-5-7(6-13)4-11-12-10;1-5-7(4)6(2)3/h7H,4-6H2,1-3H3;. The van der Waals surface area contributed by atoms with Crippen molar-refractivity contribution in [2.45, 2.75) is 26.4 Å². The van der Waals surface area contributed by atoms with E-state index in [1.54, 1.807) is 4.90 Å². The summed E-state index contributed by atoms with van der Waals surface area (Å²) < 4.78 is 5.18. The quantitative estimate of drug-likeness (QED) is 0.302. The van der Waals surface area contributed by atoms with Crippen molar-refractivity contribution >= 4 is 56.9 Å². The smallest absolute Gasteiger partial charge is 0.410 e. The number of ether oxygens (including phenoxy) is 1. The monoisotopic (exact) mass is 289 g/mol. The molecule has 1 fully saturated rings. The molecular formula is C9H16B7N4O2. The molecule has 1 saturated heterocycles. The van der Waals surface area contributed by atoms with Gasteiger partial charge in [-0.2, -0.15) is 0 Å². The zero-order chi connectivity index (χ0) is 17.3. The maximum atomic E-state index is 11.5. The van der Waals surface area contributed by atoms with Gasteiger partial charge >= 0.3 is 6.09 Å². The number of azide groups is 1. The molecule has 1 aliphatic heterocycles. The van der Waals surface area contributed by atoms with Crippen LogP contribution in [0.4, 0.5) is 4.79 Å². The highest BCUT2D eigenvalue weighted by Gasteiger charge is 2.32. The zero-order valence-electron chi connectivity index (χ0n) is 13.3. The van der Waals surface area contributed by atoms with E-state index in [4.69, 9.17) is 41.2 Å². The molecule has 0 saturated carbocycles. The van der Waals surface area contributed by atoms with Crippen molar-refractivity contribution in [1.82, 2.24) is 4.90 Å². The summed E-state index contributed by atoms with van der Waals surface area (Å²) >= 11 is 0. The van der Waals surface area contributed by atoms with Crippen LogP contribution >= 0.6 is 0 Å². The van der Waals surface area contributed by atoms with Crippen LogP contribution in [-0.2, 0) is 4.74 Å². The normalized spacial score (nSPS) is 13.7. The van der Waals surface area contributed by atoms with Gasteiger partial charge in [-0.25, -0.2) is 4.79 Å². The molecular weight excluding hydrogens is 272 g/mol. The molecule has 1 rings (SSSR count). The van der Waals surface area contributed by atoms with Crippen molar-refractivity contribution in [3.63, 3.8) is 0 Å². The summed E-state index contributed by atoms with van der Waals surface area (Å²) in [5.74, 6) is 0.286. The fourth-order valence-electron chi connectivity index (χ4n) is 1.44. The maximum Gasteiger partial charge on any atom is 0.410 e. The van der Waals surface area contributed by atoms with E-state index in [-0.39, 0.29) is 18.4 Å². The van der Waals surface area contributed by atoms with Crippen LogP contribution in [0.1, 0.15) is 20.8 Å². The molecule has 0 spiro atoms. The molecule has 6 nitrogen and oxygen atoms in total. The second kappa shape index (κ2) is 9.93. The van der Waals surface area contributed by atoms with Crippen molar-refractivity contribution < 1.29 is 9.53 Å². The summed E-state index contributed by atoms with van der Waals surface area (Å²) in [6.45, 7) is 7.20. The molecule has 105 valence electrons. The Labute approximate surface area is 139 Å². The number of hydrogen-bond donors (Lipinski definition) is 0. The van der Waals surface area contributed by atoms with Gasteiger partial charge in [0, 0.05) is 75.3 Å². The highest BCUT2D eigenvalue weighted by Crippen LogP contribution is 2.19. The maximum absolute atomic E-state index is 11.5. The van der Waals surface area contributed by atoms with E-state index in [0.717, 1.165) is 0 Å². The number of hydrogen-bond acceptors (Lipinski definition) is 3. The van der Waals surface area contributed by atoms with Crippen LogP contribution in [0.5, 0.6) is 0 Å². The number of likely N-dealkylation sites (tertiary alicyclic amines) is 1. The van der Waals surface area contributed by atoms with Crippen LogP contribution in [0.25, 0.3) is 10.4 Å². The number of carbonyl (C=O) groups excluding carboxylic acids is 1. The predicted molar refractivity (Wildman–Crippen MR) is 95.6 cm³/mol. The first kappa shape index (κ1) is 21.0. The first-order valence-electron chi connectivity index (χ1n) is 6.91. The van der Waals surface area contributed by atoms with Gasteiger partial charge in [0.1, 0.15) is 5.60 Å². The Bertz CT molecular complexity index is 394. The van der Waals surface area contributed by atoms with Crippen LogP contribution in [0.15, 0.2) is 5.11 Å². The minimum Gasteiger partial charge on any atom is -0.444 e. The molecule has 13 heteroatoms. The minimum atomic E-state index is -0.537. The third-order valence-corrected chi connectivity index (χ3v) is 2.68. The lowest BCUT2D eigenvalue weighted by Gasteiger charge is -2.39. The Morgan fingerprint density at radius 3 is 2.32 bits per heavy atom. The van der Waals surface area contributed by atoms with E-state index in [0.29, 0.717) is 19.6 Å². The molecule has 1 amide bonds. The second-order valence-corrected chi connectivity index (χ2v) is 6.01. The first-order valence-corrected chi connectivity index (χ1v) is 6.91. The molecule has 0 aromatic rings. The summed E-state index contributed by atoms with van der Waals surface area (Å²) in [4.78, 5) is 15.8. The fraction of sp³-hybridized carbons (Fsp3) is 0.889. The summed E-state index contributed by atoms with van der Waals surface area (Å²) in [5.41, 5.74) is 7.66. The Morgan fingerprint density at radius 1 is 1.45 bits per heavy atom. The van der Waals surface area contributed by atoms with E-state index >= 15 is 0 Å². The van der Waals surface area contributed by atoms with Crippen molar-refractivity contribution in [2.75, 3.05) is 19.6 Å². The molecule has 9 radical (unpaired) electrons. The van der Waals surface area contributed by atoms with Crippen molar-refractivity contribution in [3.05, 3.63) is 10.4 Å². The molecule has 22 heavy (non-hydrogen) atoms. The van der Waals surface area contributed by atoms with Crippen molar-refractivity contribution in [2.24, 2.45) is 11.0 Å². The summed E-state index contributed by atoms with van der Waals surface area (Å²) in [5, 5.41) is 3.46. The summed E-state index contributed by atoms with van der Waals surface area (Å²) in [6.07, 6.45) is -1.22. The van der Waals surface area contributed by atoms with Crippen LogP contribution in [0.3, 0.4) is 0 Å². The topological polar surface area (TPSA) is 78.3 Å². The number of rotatable bonds is 4. The highest BCUT2D eigenvalue weighted by molar-refractivity contribution is 7.81. The third kappa shape index (κ3) is 9.13. The van der Waals surface area contributed by atoms with Gasteiger partial charge in [-0.1, -0.05) is 5.11 Å². The van der Waals surface area contributed by atoms with Gasteiger partial charge in [-0.05, 0) is 32.2 Å². The SMILES string of the molecule is CC(C)(C)OC(=O)N1CC(CN=[N+]=[N-])C1.[B][B]B([B])B([B])[B]. The van der Waals surface area contributed by atoms with Gasteiger partial charge in [0.05, 0.1) is 0 Å². The Hall–Kier alpha value is -0.965. The van der Waals surface area contributed by atoms with E-state index in [1.165, 1.54) is 7.06 Å². The summed E-state index contributed by atoms with van der Waals surface area (Å²) in [7, 11) is 21.6. The van der Waals surface area contributed by atoms with E-state index in [9.17, 15) is 4.79 Å². The average molecular weight is 288 g/mol. The van der Waals surface area contributed by atoms with Crippen molar-refractivity contribution in [3.8, 4) is 0 Å². The van der Waals surface area contributed by atoms with Crippen LogP contribution < -0.4 is 0 Å². The molecule has 0 atom stereocenters. The van der Waals surface area contributed by atoms with E-state index in [1.807, 2.05) is 20.8 Å². The lowest BCUT2D eigenvalue weighted by Crippen LogP contribution is -2.52. The van der Waals surface area contributed by atoms with E-state index in [2.05, 4.69) is 10.0 Å². The molecule has 0 N–H and O–H groups in total. The third-order valence-electron chi connectivity index (χ3n) is 2.68. The predicted octanol–water partition coefficient (Wildman–Crippen LogP) is -0.502. The Kier molecular flexibility index (Phi) is 9.50. The number of carbonyl (C=O) groups is 1.